The molecular weight excluding hydrogens is 357 g/mol. The second kappa shape index (κ2) is 9.91. The molecule has 0 aliphatic rings. The number of carbonyl (C=O) groups is 3. The fourth-order valence-corrected chi connectivity index (χ4v) is 2.09. The van der Waals surface area contributed by atoms with E-state index in [1.165, 1.54) is 31.4 Å². The van der Waals surface area contributed by atoms with E-state index in [1.54, 1.807) is 18.2 Å². The van der Waals surface area contributed by atoms with Crippen LogP contribution in [-0.2, 0) is 20.9 Å². The maximum Gasteiger partial charge on any atom is 0.344 e. The van der Waals surface area contributed by atoms with E-state index in [0.717, 1.165) is 0 Å². The van der Waals surface area contributed by atoms with Gasteiger partial charge in [-0.1, -0.05) is 18.2 Å². The molecule has 7 nitrogen and oxygen atoms in total. The van der Waals surface area contributed by atoms with Gasteiger partial charge < -0.3 is 19.5 Å². The van der Waals surface area contributed by atoms with E-state index in [4.69, 9.17) is 14.2 Å². The van der Waals surface area contributed by atoms with Crippen LogP contribution in [0.3, 0.4) is 0 Å². The van der Waals surface area contributed by atoms with Crippen LogP contribution in [0.15, 0.2) is 42.5 Å². The number of methoxy groups -OCH3 is 1. The van der Waals surface area contributed by atoms with E-state index in [1.807, 2.05) is 0 Å². The zero-order valence-electron chi connectivity index (χ0n) is 14.6. The highest BCUT2D eigenvalue weighted by Gasteiger charge is 2.12. The average molecular weight is 375 g/mol. The van der Waals surface area contributed by atoms with Gasteiger partial charge in [0.25, 0.3) is 5.91 Å². The van der Waals surface area contributed by atoms with E-state index >= 15 is 0 Å². The van der Waals surface area contributed by atoms with Crippen LogP contribution in [0.2, 0.25) is 0 Å². The Morgan fingerprint density at radius 3 is 2.59 bits per heavy atom. The van der Waals surface area contributed by atoms with Crippen molar-refractivity contribution in [3.05, 3.63) is 59.4 Å². The molecule has 8 heteroatoms. The zero-order chi connectivity index (χ0) is 19.6. The Bertz CT molecular complexity index is 824. The summed E-state index contributed by atoms with van der Waals surface area (Å²) in [6.07, 6.45) is 0.653. The van der Waals surface area contributed by atoms with Gasteiger partial charge in [0.1, 0.15) is 12.1 Å². The van der Waals surface area contributed by atoms with Crippen LogP contribution < -0.4 is 14.8 Å². The number of ether oxygens (including phenoxy) is 3. The largest absolute Gasteiger partial charge is 0.493 e. The van der Waals surface area contributed by atoms with Crippen molar-refractivity contribution in [2.45, 2.75) is 6.54 Å². The van der Waals surface area contributed by atoms with Crippen LogP contribution in [0.5, 0.6) is 11.5 Å². The summed E-state index contributed by atoms with van der Waals surface area (Å²) in [6.45, 7) is -0.977. The lowest BCUT2D eigenvalue weighted by molar-refractivity contribution is -0.150. The van der Waals surface area contributed by atoms with Gasteiger partial charge in [0.05, 0.1) is 7.11 Å². The Balaban J connectivity index is 1.75. The molecule has 0 aliphatic heterocycles. The van der Waals surface area contributed by atoms with E-state index in [0.29, 0.717) is 17.4 Å². The SMILES string of the molecule is COc1cc(C=O)ccc1OCC(=O)OCC(=O)NCc1ccccc1F. The van der Waals surface area contributed by atoms with Gasteiger partial charge in [-0.3, -0.25) is 9.59 Å². The van der Waals surface area contributed by atoms with Crippen molar-refractivity contribution in [3.63, 3.8) is 0 Å². The Hall–Kier alpha value is -3.42. The maximum atomic E-state index is 13.4. The van der Waals surface area contributed by atoms with Crippen LogP contribution in [0.1, 0.15) is 15.9 Å². The first kappa shape index (κ1) is 19.9. The van der Waals surface area contributed by atoms with Crippen LogP contribution in [0, 0.1) is 5.82 Å². The minimum Gasteiger partial charge on any atom is -0.493 e. The van der Waals surface area contributed by atoms with Crippen LogP contribution in [-0.4, -0.2) is 38.5 Å². The molecule has 2 rings (SSSR count). The fourth-order valence-electron chi connectivity index (χ4n) is 2.09. The van der Waals surface area contributed by atoms with E-state index in [-0.39, 0.29) is 18.0 Å². The standard InChI is InChI=1S/C19H18FNO6/c1-25-17-8-13(10-22)6-7-16(17)26-12-19(24)27-11-18(23)21-9-14-4-2-3-5-15(14)20/h2-8,10H,9,11-12H2,1H3,(H,21,23). The first-order chi connectivity index (χ1) is 13.0. The van der Waals surface area contributed by atoms with Gasteiger partial charge in [-0.15, -0.1) is 0 Å². The molecule has 1 N–H and O–H groups in total. The third-order valence-corrected chi connectivity index (χ3v) is 3.47. The van der Waals surface area contributed by atoms with Crippen molar-refractivity contribution in [2.75, 3.05) is 20.3 Å². The topological polar surface area (TPSA) is 90.9 Å². The molecule has 0 bridgehead atoms. The van der Waals surface area contributed by atoms with Gasteiger partial charge in [-0.2, -0.15) is 0 Å². The number of esters is 1. The molecule has 2 aromatic carbocycles. The molecule has 0 fully saturated rings. The quantitative estimate of drug-likeness (QED) is 0.532. The highest BCUT2D eigenvalue weighted by atomic mass is 19.1. The summed E-state index contributed by atoms with van der Waals surface area (Å²) < 4.78 is 28.6. The first-order valence-electron chi connectivity index (χ1n) is 7.95. The molecule has 0 aliphatic carbocycles. The maximum absolute atomic E-state index is 13.4. The lowest BCUT2D eigenvalue weighted by Gasteiger charge is -2.11. The number of hydrogen-bond acceptors (Lipinski definition) is 6. The zero-order valence-corrected chi connectivity index (χ0v) is 14.6. The van der Waals surface area contributed by atoms with Gasteiger partial charge in [0.2, 0.25) is 0 Å². The summed E-state index contributed by atoms with van der Waals surface area (Å²) in [4.78, 5) is 34.1. The van der Waals surface area contributed by atoms with E-state index < -0.39 is 30.9 Å². The predicted molar refractivity (Wildman–Crippen MR) is 93.1 cm³/mol. The molecule has 142 valence electrons. The summed E-state index contributed by atoms with van der Waals surface area (Å²) >= 11 is 0. The van der Waals surface area contributed by atoms with Gasteiger partial charge in [-0.05, 0) is 24.3 Å². The number of aldehydes is 1. The molecular formula is C19H18FNO6. The van der Waals surface area contributed by atoms with Gasteiger partial charge >= 0.3 is 5.97 Å². The molecule has 2 aromatic rings. The van der Waals surface area contributed by atoms with Crippen LogP contribution >= 0.6 is 0 Å². The van der Waals surface area contributed by atoms with Crippen molar-refractivity contribution < 1.29 is 33.0 Å². The molecule has 0 radical (unpaired) electrons. The normalized spacial score (nSPS) is 10.0. The molecule has 0 aromatic heterocycles. The summed E-state index contributed by atoms with van der Waals surface area (Å²) in [6, 6.07) is 10.5. The van der Waals surface area contributed by atoms with Crippen LogP contribution in [0.25, 0.3) is 0 Å². The van der Waals surface area contributed by atoms with Gasteiger partial charge in [-0.25, -0.2) is 9.18 Å². The minimum absolute atomic E-state index is 0.0141. The summed E-state index contributed by atoms with van der Waals surface area (Å²) in [7, 11) is 1.40. The number of amides is 1. The molecule has 27 heavy (non-hydrogen) atoms. The Labute approximate surface area is 155 Å². The van der Waals surface area contributed by atoms with Gasteiger partial charge in [0, 0.05) is 17.7 Å². The monoisotopic (exact) mass is 375 g/mol. The fraction of sp³-hybridized carbons (Fsp3) is 0.211. The molecule has 1 amide bonds. The second-order valence-corrected chi connectivity index (χ2v) is 5.35. The number of nitrogens with one attached hydrogen (secondary N) is 1. The minimum atomic E-state index is -0.766. The number of carbonyl (C=O) groups excluding carboxylic acids is 3. The number of rotatable bonds is 9. The smallest absolute Gasteiger partial charge is 0.344 e. The highest BCUT2D eigenvalue weighted by molar-refractivity contribution is 5.81. The summed E-state index contributed by atoms with van der Waals surface area (Å²) in [5.41, 5.74) is 0.722. The van der Waals surface area contributed by atoms with Crippen molar-refractivity contribution in [1.29, 1.82) is 0 Å². The summed E-state index contributed by atoms with van der Waals surface area (Å²) in [5, 5.41) is 2.45. The van der Waals surface area contributed by atoms with Gasteiger partial charge in [0.15, 0.2) is 24.7 Å². The average Bonchev–Trinajstić information content (AvgIpc) is 2.69. The summed E-state index contributed by atoms with van der Waals surface area (Å²) in [5.74, 6) is -1.23. The van der Waals surface area contributed by atoms with Crippen molar-refractivity contribution in [1.82, 2.24) is 5.32 Å². The molecule has 0 spiro atoms. The lowest BCUT2D eigenvalue weighted by atomic mass is 10.2. The van der Waals surface area contributed by atoms with Crippen molar-refractivity contribution in [2.24, 2.45) is 0 Å². The Morgan fingerprint density at radius 1 is 1.11 bits per heavy atom. The third-order valence-electron chi connectivity index (χ3n) is 3.47. The number of hydrogen-bond donors (Lipinski definition) is 1. The number of halogens is 1. The van der Waals surface area contributed by atoms with E-state index in [9.17, 15) is 18.8 Å². The second-order valence-electron chi connectivity index (χ2n) is 5.35. The molecule has 0 heterocycles. The molecule has 0 unspecified atom stereocenters. The third kappa shape index (κ3) is 6.10. The molecule has 0 saturated carbocycles. The molecule has 0 atom stereocenters. The van der Waals surface area contributed by atoms with Crippen molar-refractivity contribution in [3.8, 4) is 11.5 Å². The Kier molecular flexibility index (Phi) is 7.30. The Morgan fingerprint density at radius 2 is 1.89 bits per heavy atom. The van der Waals surface area contributed by atoms with E-state index in [2.05, 4.69) is 5.32 Å². The first-order valence-corrected chi connectivity index (χ1v) is 7.95. The van der Waals surface area contributed by atoms with Crippen LogP contribution in [0.4, 0.5) is 4.39 Å². The molecule has 0 saturated heterocycles. The number of benzene rings is 2. The van der Waals surface area contributed by atoms with Crippen molar-refractivity contribution >= 4 is 18.2 Å². The highest BCUT2D eigenvalue weighted by Crippen LogP contribution is 2.27. The lowest BCUT2D eigenvalue weighted by Crippen LogP contribution is -2.29. The predicted octanol–water partition coefficient (Wildman–Crippen LogP) is 1.89.